The number of Topliss-reactive ketones (excluding diaryl/α,β-unsaturated/α-hetero) is 1. The van der Waals surface area contributed by atoms with Gasteiger partial charge in [0.25, 0.3) is 0 Å². The van der Waals surface area contributed by atoms with Gasteiger partial charge in [-0.3, -0.25) is 9.48 Å². The van der Waals surface area contributed by atoms with E-state index in [1.165, 1.54) is 44.9 Å². The quantitative estimate of drug-likeness (QED) is 0.559. The molecule has 1 aromatic rings. The maximum atomic E-state index is 13.6. The van der Waals surface area contributed by atoms with E-state index in [2.05, 4.69) is 45.1 Å². The fourth-order valence-electron chi connectivity index (χ4n) is 8.12. The first kappa shape index (κ1) is 19.6. The number of carbonyl (C=O) groups is 1. The Labute approximate surface area is 176 Å². The highest BCUT2D eigenvalue weighted by Crippen LogP contribution is 2.66. The lowest BCUT2D eigenvalue weighted by Gasteiger charge is -2.59. The van der Waals surface area contributed by atoms with Crippen LogP contribution in [0.4, 0.5) is 0 Å². The monoisotopic (exact) mass is 394 g/mol. The van der Waals surface area contributed by atoms with Crippen LogP contribution in [0.25, 0.3) is 6.08 Å². The average Bonchev–Trinajstić information content (AvgIpc) is 3.19. The highest BCUT2D eigenvalue weighted by molar-refractivity contribution is 6.06. The molecule has 158 valence electrons. The van der Waals surface area contributed by atoms with E-state index in [1.54, 1.807) is 0 Å². The van der Waals surface area contributed by atoms with Gasteiger partial charge in [-0.1, -0.05) is 26.7 Å². The van der Waals surface area contributed by atoms with Gasteiger partial charge in [-0.05, 0) is 99.5 Å². The van der Waals surface area contributed by atoms with Crippen molar-refractivity contribution >= 4 is 11.9 Å². The van der Waals surface area contributed by atoms with Crippen molar-refractivity contribution in [1.29, 1.82) is 0 Å². The van der Waals surface area contributed by atoms with E-state index in [0.717, 1.165) is 54.0 Å². The minimum Gasteiger partial charge on any atom is -0.294 e. The summed E-state index contributed by atoms with van der Waals surface area (Å²) in [7, 11) is 0. The zero-order valence-corrected chi connectivity index (χ0v) is 18.8. The summed E-state index contributed by atoms with van der Waals surface area (Å²) in [6.45, 7) is 9.97. The molecule has 6 atom stereocenters. The molecule has 0 radical (unpaired) electrons. The minimum atomic E-state index is -0.125. The zero-order chi connectivity index (χ0) is 20.4. The molecule has 4 aliphatic rings. The van der Waals surface area contributed by atoms with Crippen molar-refractivity contribution in [3.63, 3.8) is 0 Å². The lowest BCUT2D eigenvalue weighted by atomic mass is 9.45. The Bertz CT molecular complexity index is 851. The van der Waals surface area contributed by atoms with Crippen molar-refractivity contribution in [1.82, 2.24) is 9.78 Å². The first-order valence-corrected chi connectivity index (χ1v) is 12.2. The molecule has 0 aromatic carbocycles. The van der Waals surface area contributed by atoms with E-state index in [4.69, 9.17) is 0 Å². The normalized spacial score (nSPS) is 43.2. The number of hydrogen-bond donors (Lipinski definition) is 0. The third-order valence-electron chi connectivity index (χ3n) is 9.86. The van der Waals surface area contributed by atoms with Crippen LogP contribution in [0.1, 0.15) is 89.8 Å². The molecule has 6 unspecified atom stereocenters. The molecule has 0 N–H and O–H groups in total. The van der Waals surface area contributed by atoms with Gasteiger partial charge in [-0.25, -0.2) is 0 Å². The Kier molecular flexibility index (Phi) is 4.60. The van der Waals surface area contributed by atoms with E-state index >= 15 is 0 Å². The van der Waals surface area contributed by atoms with E-state index in [0.29, 0.717) is 17.1 Å². The molecule has 0 bridgehead atoms. The van der Waals surface area contributed by atoms with Gasteiger partial charge in [-0.15, -0.1) is 0 Å². The van der Waals surface area contributed by atoms with Crippen LogP contribution in [0.2, 0.25) is 0 Å². The van der Waals surface area contributed by atoms with Crippen molar-refractivity contribution in [2.75, 3.05) is 0 Å². The standard InChI is InChI=1S/C26H38N2O/c1-5-28-16-19(17(2)27-28)14-18-15-23-21-10-9-20-8-6-7-12-25(20,3)22(21)11-13-26(23,4)24(18)29/h14,16,20-23H,5-13,15H2,1-4H3/b18-14+. The average molecular weight is 395 g/mol. The topological polar surface area (TPSA) is 34.9 Å². The van der Waals surface area contributed by atoms with Crippen LogP contribution in [0.3, 0.4) is 0 Å². The molecule has 4 saturated carbocycles. The van der Waals surface area contributed by atoms with Crippen LogP contribution < -0.4 is 0 Å². The molecule has 4 fully saturated rings. The van der Waals surface area contributed by atoms with Gasteiger partial charge in [0.15, 0.2) is 5.78 Å². The summed E-state index contributed by atoms with van der Waals surface area (Å²) in [6, 6.07) is 0. The van der Waals surface area contributed by atoms with Gasteiger partial charge in [-0.2, -0.15) is 5.10 Å². The molecule has 1 aromatic heterocycles. The second-order valence-corrected chi connectivity index (χ2v) is 11.1. The molecule has 1 heterocycles. The minimum absolute atomic E-state index is 0.125. The number of allylic oxidation sites excluding steroid dienone is 1. The lowest BCUT2D eigenvalue weighted by molar-refractivity contribution is -0.137. The van der Waals surface area contributed by atoms with E-state index in [1.807, 2.05) is 4.68 Å². The number of fused-ring (bicyclic) bond motifs is 5. The van der Waals surface area contributed by atoms with Crippen LogP contribution in [0.15, 0.2) is 11.8 Å². The lowest BCUT2D eigenvalue weighted by Crippen LogP contribution is -2.52. The predicted octanol–water partition coefficient (Wildman–Crippen LogP) is 6.21. The summed E-state index contributed by atoms with van der Waals surface area (Å²) in [5.41, 5.74) is 3.67. The van der Waals surface area contributed by atoms with Crippen molar-refractivity contribution < 1.29 is 4.79 Å². The maximum Gasteiger partial charge on any atom is 0.165 e. The molecule has 29 heavy (non-hydrogen) atoms. The first-order valence-electron chi connectivity index (χ1n) is 12.2. The molecule has 0 saturated heterocycles. The maximum absolute atomic E-state index is 13.6. The number of hydrogen-bond acceptors (Lipinski definition) is 2. The summed E-state index contributed by atoms with van der Waals surface area (Å²) in [5, 5.41) is 4.58. The second-order valence-electron chi connectivity index (χ2n) is 11.1. The first-order chi connectivity index (χ1) is 13.9. The Balaban J connectivity index is 1.46. The van der Waals surface area contributed by atoms with Gasteiger partial charge in [0.2, 0.25) is 0 Å². The number of carbonyl (C=O) groups excluding carboxylic acids is 1. The SMILES string of the molecule is CCn1cc(/C=C2\CC3C4CCC5CCCCC5(C)C4CCC3(C)C2=O)c(C)n1. The van der Waals surface area contributed by atoms with E-state index in [9.17, 15) is 4.79 Å². The number of aromatic nitrogens is 2. The number of nitrogens with zero attached hydrogens (tertiary/aromatic N) is 2. The molecule has 0 aliphatic heterocycles. The third kappa shape index (κ3) is 2.82. The van der Waals surface area contributed by atoms with Crippen molar-refractivity contribution in [3.05, 3.63) is 23.0 Å². The fourth-order valence-corrected chi connectivity index (χ4v) is 8.12. The molecular formula is C26H38N2O. The molecule has 3 nitrogen and oxygen atoms in total. The van der Waals surface area contributed by atoms with Crippen molar-refractivity contribution in [2.24, 2.45) is 34.5 Å². The Morgan fingerprint density at radius 3 is 2.72 bits per heavy atom. The molecule has 5 rings (SSSR count). The third-order valence-corrected chi connectivity index (χ3v) is 9.86. The largest absolute Gasteiger partial charge is 0.294 e. The summed E-state index contributed by atoms with van der Waals surface area (Å²) >= 11 is 0. The molecule has 0 spiro atoms. The van der Waals surface area contributed by atoms with Gasteiger partial charge in [0, 0.05) is 23.7 Å². The Hall–Kier alpha value is -1.38. The van der Waals surface area contributed by atoms with E-state index < -0.39 is 0 Å². The molecule has 0 amide bonds. The van der Waals surface area contributed by atoms with Crippen LogP contribution in [0, 0.1) is 41.4 Å². The zero-order valence-electron chi connectivity index (χ0n) is 18.8. The highest BCUT2D eigenvalue weighted by atomic mass is 16.1. The summed E-state index contributed by atoms with van der Waals surface area (Å²) < 4.78 is 1.98. The summed E-state index contributed by atoms with van der Waals surface area (Å²) in [6.07, 6.45) is 16.2. The van der Waals surface area contributed by atoms with E-state index in [-0.39, 0.29) is 5.41 Å². The molecule has 3 heteroatoms. The van der Waals surface area contributed by atoms with Crippen LogP contribution in [-0.4, -0.2) is 15.6 Å². The predicted molar refractivity (Wildman–Crippen MR) is 117 cm³/mol. The van der Waals surface area contributed by atoms with Crippen molar-refractivity contribution in [3.8, 4) is 0 Å². The number of aryl methyl sites for hydroxylation is 2. The second kappa shape index (κ2) is 6.82. The van der Waals surface area contributed by atoms with Crippen LogP contribution >= 0.6 is 0 Å². The number of rotatable bonds is 2. The molecule has 4 aliphatic carbocycles. The van der Waals surface area contributed by atoms with Crippen LogP contribution in [-0.2, 0) is 11.3 Å². The smallest absolute Gasteiger partial charge is 0.165 e. The number of ketones is 1. The van der Waals surface area contributed by atoms with Gasteiger partial charge >= 0.3 is 0 Å². The Morgan fingerprint density at radius 1 is 1.14 bits per heavy atom. The van der Waals surface area contributed by atoms with Gasteiger partial charge in [0.05, 0.1) is 5.69 Å². The van der Waals surface area contributed by atoms with Gasteiger partial charge in [0.1, 0.15) is 0 Å². The summed E-state index contributed by atoms with van der Waals surface area (Å²) in [4.78, 5) is 13.6. The van der Waals surface area contributed by atoms with Gasteiger partial charge < -0.3 is 0 Å². The molecular weight excluding hydrogens is 356 g/mol. The fraction of sp³-hybridized carbons (Fsp3) is 0.769. The van der Waals surface area contributed by atoms with Crippen LogP contribution in [0.5, 0.6) is 0 Å². The van der Waals surface area contributed by atoms with Crippen molar-refractivity contribution in [2.45, 2.75) is 92.0 Å². The highest BCUT2D eigenvalue weighted by Gasteiger charge is 2.60. The summed E-state index contributed by atoms with van der Waals surface area (Å²) in [5.74, 6) is 3.54. The Morgan fingerprint density at radius 2 is 1.97 bits per heavy atom.